The van der Waals surface area contributed by atoms with Crippen LogP contribution in [0, 0.1) is 0 Å². The fraction of sp³-hybridized carbons (Fsp3) is 0.267. The van der Waals surface area contributed by atoms with E-state index in [0.717, 1.165) is 0 Å². The molecule has 0 bridgehead atoms. The smallest absolute Gasteiger partial charge is 0.263 e. The molecule has 0 radical (unpaired) electrons. The first kappa shape index (κ1) is 16.0. The third kappa shape index (κ3) is 3.77. The van der Waals surface area contributed by atoms with Gasteiger partial charge in [-0.3, -0.25) is 0 Å². The molecule has 0 unspecified atom stereocenters. The molecule has 2 rings (SSSR count). The number of hydrogen-bond donors (Lipinski definition) is 0. The largest absolute Gasteiger partial charge is 0.448 e. The monoisotopic (exact) mass is 247 g/mol. The predicted molar refractivity (Wildman–Crippen MR) is 75.6 cm³/mol. The maximum absolute atomic E-state index is 5.49. The molecular formula is C15H21NO2. The van der Waals surface area contributed by atoms with E-state index in [9.17, 15) is 0 Å². The molecular weight excluding hydrogens is 226 g/mol. The number of hydrogen-bond acceptors (Lipinski definition) is 3. The average Bonchev–Trinajstić information content (AvgIpc) is 2.49. The van der Waals surface area contributed by atoms with Crippen molar-refractivity contribution < 1.29 is 9.47 Å². The first-order valence-electron chi connectivity index (χ1n) is 6.15. The van der Waals surface area contributed by atoms with Crippen molar-refractivity contribution in [2.24, 2.45) is 0 Å². The number of rotatable bonds is 2. The maximum Gasteiger partial charge on any atom is 0.263 e. The normalized spacial score (nSPS) is 11.3. The first-order valence-corrected chi connectivity index (χ1v) is 6.15. The number of aromatic nitrogens is 1. The zero-order chi connectivity index (χ0) is 14.0. The number of fused-ring (bicyclic) bond motifs is 1. The highest BCUT2D eigenvalue weighted by Gasteiger charge is 2.18. The molecule has 2 heterocycles. The van der Waals surface area contributed by atoms with Gasteiger partial charge in [0.05, 0.1) is 0 Å². The van der Waals surface area contributed by atoms with Gasteiger partial charge in [0.15, 0.2) is 17.3 Å². The second kappa shape index (κ2) is 9.05. The van der Waals surface area contributed by atoms with E-state index in [0.29, 0.717) is 23.1 Å². The highest BCUT2D eigenvalue weighted by atomic mass is 16.6. The molecule has 18 heavy (non-hydrogen) atoms. The van der Waals surface area contributed by atoms with Crippen LogP contribution >= 0.6 is 0 Å². The van der Waals surface area contributed by atoms with Crippen LogP contribution in [0.1, 0.15) is 27.7 Å². The number of nitrogens with zero attached hydrogens (tertiary/aromatic N) is 1. The van der Waals surface area contributed by atoms with E-state index in [1.165, 1.54) is 0 Å². The molecule has 0 saturated carbocycles. The Morgan fingerprint density at radius 3 is 2.11 bits per heavy atom. The number of allylic oxidation sites excluding steroid dienone is 2. The van der Waals surface area contributed by atoms with Crippen LogP contribution in [0.25, 0.3) is 0 Å². The van der Waals surface area contributed by atoms with Crippen LogP contribution in [0.15, 0.2) is 55.2 Å². The molecule has 0 amide bonds. The second-order valence-corrected chi connectivity index (χ2v) is 2.65. The van der Waals surface area contributed by atoms with Gasteiger partial charge in [-0.15, -0.1) is 0 Å². The van der Waals surface area contributed by atoms with Gasteiger partial charge in [0, 0.05) is 6.20 Å². The molecule has 1 aliphatic rings. The van der Waals surface area contributed by atoms with E-state index in [1.807, 2.05) is 27.7 Å². The van der Waals surface area contributed by atoms with E-state index >= 15 is 0 Å². The van der Waals surface area contributed by atoms with Crippen molar-refractivity contribution in [1.29, 1.82) is 0 Å². The Bertz CT molecular complexity index is 383. The van der Waals surface area contributed by atoms with Gasteiger partial charge < -0.3 is 9.47 Å². The van der Waals surface area contributed by atoms with E-state index in [2.05, 4.69) is 18.1 Å². The van der Waals surface area contributed by atoms with Gasteiger partial charge in [0.2, 0.25) is 0 Å². The van der Waals surface area contributed by atoms with Crippen molar-refractivity contribution >= 4 is 0 Å². The summed E-state index contributed by atoms with van der Waals surface area (Å²) in [5.41, 5.74) is 0. The SMILES string of the molecule is C=CC1=C(C=C)Oc2ncccc2O1.CC.CC. The van der Waals surface area contributed by atoms with Crippen molar-refractivity contribution in [3.8, 4) is 11.6 Å². The van der Waals surface area contributed by atoms with Crippen molar-refractivity contribution in [2.45, 2.75) is 27.7 Å². The van der Waals surface area contributed by atoms with Gasteiger partial charge in [0.25, 0.3) is 5.88 Å². The molecule has 3 heteroatoms. The second-order valence-electron chi connectivity index (χ2n) is 2.65. The topological polar surface area (TPSA) is 31.4 Å². The van der Waals surface area contributed by atoms with Gasteiger partial charge >= 0.3 is 0 Å². The summed E-state index contributed by atoms with van der Waals surface area (Å²) in [6.45, 7) is 15.2. The summed E-state index contributed by atoms with van der Waals surface area (Å²) in [6, 6.07) is 3.56. The van der Waals surface area contributed by atoms with Crippen molar-refractivity contribution in [3.63, 3.8) is 0 Å². The third-order valence-electron chi connectivity index (χ3n) is 1.78. The maximum atomic E-state index is 5.49. The Labute approximate surface area is 109 Å². The van der Waals surface area contributed by atoms with Crippen molar-refractivity contribution in [3.05, 3.63) is 55.2 Å². The van der Waals surface area contributed by atoms with Crippen LogP contribution in [-0.2, 0) is 0 Å². The average molecular weight is 247 g/mol. The molecule has 0 atom stereocenters. The van der Waals surface area contributed by atoms with Crippen LogP contribution in [0.5, 0.6) is 11.6 Å². The standard InChI is InChI=1S/C11H9NO2.2C2H6/c1-3-8-9(4-2)14-11-10(13-8)6-5-7-12-11;2*1-2/h3-7H,1-2H2;2*1-2H3. The van der Waals surface area contributed by atoms with Gasteiger partial charge in [0.1, 0.15) is 0 Å². The van der Waals surface area contributed by atoms with Gasteiger partial charge in [-0.2, -0.15) is 0 Å². The molecule has 1 aliphatic heterocycles. The lowest BCUT2D eigenvalue weighted by atomic mass is 10.3. The zero-order valence-corrected chi connectivity index (χ0v) is 11.6. The Kier molecular flexibility index (Phi) is 8.03. The summed E-state index contributed by atoms with van der Waals surface area (Å²) in [4.78, 5) is 4.02. The lowest BCUT2D eigenvalue weighted by Crippen LogP contribution is -2.09. The van der Waals surface area contributed by atoms with Crippen LogP contribution in [0.3, 0.4) is 0 Å². The summed E-state index contributed by atoms with van der Waals surface area (Å²) < 4.78 is 10.9. The van der Waals surface area contributed by atoms with Gasteiger partial charge in [-0.1, -0.05) is 40.9 Å². The van der Waals surface area contributed by atoms with E-state index in [1.54, 1.807) is 30.5 Å². The summed E-state index contributed by atoms with van der Waals surface area (Å²) in [5.74, 6) is 2.13. The first-order chi connectivity index (χ1) is 8.85. The van der Waals surface area contributed by atoms with Gasteiger partial charge in [-0.05, 0) is 24.3 Å². The lowest BCUT2D eigenvalue weighted by Gasteiger charge is -2.18. The number of ether oxygens (including phenoxy) is 2. The van der Waals surface area contributed by atoms with Crippen LogP contribution in [0.2, 0.25) is 0 Å². The summed E-state index contributed by atoms with van der Waals surface area (Å²) in [7, 11) is 0. The fourth-order valence-electron chi connectivity index (χ4n) is 1.14. The van der Waals surface area contributed by atoms with E-state index < -0.39 is 0 Å². The fourth-order valence-corrected chi connectivity index (χ4v) is 1.14. The molecule has 98 valence electrons. The molecule has 3 nitrogen and oxygen atoms in total. The van der Waals surface area contributed by atoms with E-state index in [-0.39, 0.29) is 0 Å². The minimum atomic E-state index is 0.452. The predicted octanol–water partition coefficient (Wildman–Crippen LogP) is 4.49. The quantitative estimate of drug-likeness (QED) is 0.771. The molecule has 0 aromatic carbocycles. The Balaban J connectivity index is 0.000000659. The number of pyridine rings is 1. The highest BCUT2D eigenvalue weighted by Crippen LogP contribution is 2.32. The van der Waals surface area contributed by atoms with Crippen molar-refractivity contribution in [2.75, 3.05) is 0 Å². The molecule has 1 aromatic heterocycles. The molecule has 0 N–H and O–H groups in total. The third-order valence-corrected chi connectivity index (χ3v) is 1.78. The Morgan fingerprint density at radius 1 is 1.00 bits per heavy atom. The molecule has 0 fully saturated rings. The molecule has 0 spiro atoms. The molecule has 1 aromatic rings. The minimum Gasteiger partial charge on any atom is -0.448 e. The lowest BCUT2D eigenvalue weighted by molar-refractivity contribution is 0.306. The van der Waals surface area contributed by atoms with Crippen LogP contribution < -0.4 is 9.47 Å². The Morgan fingerprint density at radius 2 is 1.56 bits per heavy atom. The Hall–Kier alpha value is -2.03. The van der Waals surface area contributed by atoms with Crippen molar-refractivity contribution in [1.82, 2.24) is 4.98 Å². The molecule has 0 aliphatic carbocycles. The van der Waals surface area contributed by atoms with Crippen LogP contribution in [0.4, 0.5) is 0 Å². The highest BCUT2D eigenvalue weighted by molar-refractivity contribution is 5.42. The minimum absolute atomic E-state index is 0.452. The molecule has 0 saturated heterocycles. The van der Waals surface area contributed by atoms with Crippen LogP contribution in [-0.4, -0.2) is 4.98 Å². The zero-order valence-electron chi connectivity index (χ0n) is 11.6. The summed E-state index contributed by atoms with van der Waals surface area (Å²) >= 11 is 0. The van der Waals surface area contributed by atoms with Gasteiger partial charge in [-0.25, -0.2) is 4.98 Å². The summed E-state index contributed by atoms with van der Waals surface area (Å²) in [5, 5.41) is 0. The summed E-state index contributed by atoms with van der Waals surface area (Å²) in [6.07, 6.45) is 4.78. The van der Waals surface area contributed by atoms with E-state index in [4.69, 9.17) is 9.47 Å².